The maximum absolute atomic E-state index is 6.95. The average Bonchev–Trinajstić information content (AvgIpc) is 3.93. The minimum absolute atomic E-state index is 0.507. The van der Waals surface area contributed by atoms with Crippen molar-refractivity contribution in [2.75, 3.05) is 0 Å². The zero-order valence-corrected chi connectivity index (χ0v) is 33.4. The van der Waals surface area contributed by atoms with Gasteiger partial charge in [-0.15, -0.1) is 0 Å². The summed E-state index contributed by atoms with van der Waals surface area (Å²) in [6.45, 7) is 0. The molecule has 0 N–H and O–H groups in total. The zero-order chi connectivity index (χ0) is 41.0. The molecule has 5 heteroatoms. The topological polar surface area (TPSA) is 65.0 Å². The Morgan fingerprint density at radius 2 is 0.613 bits per heavy atom. The Morgan fingerprint density at radius 1 is 0.258 bits per heavy atom. The summed E-state index contributed by atoms with van der Waals surface area (Å²) in [6, 6.07) is 73.2. The van der Waals surface area contributed by atoms with Crippen molar-refractivity contribution in [3.8, 4) is 78.7 Å². The van der Waals surface area contributed by atoms with E-state index < -0.39 is 0 Å². The summed E-state index contributed by atoms with van der Waals surface area (Å²) in [4.78, 5) is 15.6. The van der Waals surface area contributed by atoms with Crippen LogP contribution in [-0.2, 0) is 0 Å². The third kappa shape index (κ3) is 6.06. The Labute approximate surface area is 357 Å². The van der Waals surface area contributed by atoms with Gasteiger partial charge < -0.3 is 8.83 Å². The fourth-order valence-electron chi connectivity index (χ4n) is 8.83. The van der Waals surface area contributed by atoms with Crippen LogP contribution >= 0.6 is 0 Å². The molecule has 0 unspecified atom stereocenters. The normalized spacial score (nSPS) is 11.5. The molecule has 0 fully saturated rings. The molecule has 12 rings (SSSR count). The van der Waals surface area contributed by atoms with Crippen molar-refractivity contribution in [1.82, 2.24) is 15.0 Å². The highest BCUT2D eigenvalue weighted by molar-refractivity contribution is 6.17. The van der Waals surface area contributed by atoms with E-state index >= 15 is 0 Å². The van der Waals surface area contributed by atoms with E-state index in [1.54, 1.807) is 0 Å². The van der Waals surface area contributed by atoms with Gasteiger partial charge in [-0.1, -0.05) is 176 Å². The van der Waals surface area contributed by atoms with Gasteiger partial charge in [0.25, 0.3) is 0 Å². The predicted octanol–water partition coefficient (Wildman–Crippen LogP) is 15.3. The van der Waals surface area contributed by atoms with Crippen LogP contribution in [0.4, 0.5) is 0 Å². The van der Waals surface area contributed by atoms with Crippen LogP contribution in [0.25, 0.3) is 123 Å². The minimum Gasteiger partial charge on any atom is -0.455 e. The monoisotopic (exact) mass is 793 g/mol. The molecule has 9 aromatic carbocycles. The van der Waals surface area contributed by atoms with Crippen molar-refractivity contribution in [2.45, 2.75) is 0 Å². The predicted molar refractivity (Wildman–Crippen MR) is 252 cm³/mol. The molecule has 0 aliphatic heterocycles. The maximum Gasteiger partial charge on any atom is 0.167 e. The molecule has 0 atom stereocenters. The molecule has 0 amide bonds. The number of hydrogen-bond donors (Lipinski definition) is 0. The Kier molecular flexibility index (Phi) is 8.42. The van der Waals surface area contributed by atoms with Crippen molar-refractivity contribution < 1.29 is 8.83 Å². The minimum atomic E-state index is 0.507. The van der Waals surface area contributed by atoms with Crippen LogP contribution in [-0.4, -0.2) is 15.0 Å². The lowest BCUT2D eigenvalue weighted by Gasteiger charge is -2.09. The number of para-hydroxylation sites is 2. The highest BCUT2D eigenvalue weighted by atomic mass is 16.3. The van der Waals surface area contributed by atoms with E-state index in [0.29, 0.717) is 28.6 Å². The number of nitrogens with zero attached hydrogens (tertiary/aromatic N) is 3. The second-order valence-corrected chi connectivity index (χ2v) is 15.5. The first-order chi connectivity index (χ1) is 30.7. The van der Waals surface area contributed by atoms with Crippen molar-refractivity contribution >= 4 is 43.9 Å². The fourth-order valence-corrected chi connectivity index (χ4v) is 8.83. The number of aromatic nitrogens is 3. The third-order valence-corrected chi connectivity index (χ3v) is 11.7. The number of fused-ring (bicyclic) bond motifs is 6. The molecule has 3 heterocycles. The lowest BCUT2D eigenvalue weighted by atomic mass is 9.94. The second kappa shape index (κ2) is 14.7. The Hall–Kier alpha value is -8.41. The highest BCUT2D eigenvalue weighted by Crippen LogP contribution is 2.45. The first-order valence-corrected chi connectivity index (χ1v) is 20.8. The number of furan rings is 2. The van der Waals surface area contributed by atoms with E-state index in [4.69, 9.17) is 23.8 Å². The van der Waals surface area contributed by atoms with E-state index in [-0.39, 0.29) is 0 Å². The van der Waals surface area contributed by atoms with Gasteiger partial charge in [0.1, 0.15) is 22.3 Å². The van der Waals surface area contributed by atoms with Crippen LogP contribution in [0.15, 0.2) is 221 Å². The molecule has 0 saturated carbocycles. The second-order valence-electron chi connectivity index (χ2n) is 15.5. The smallest absolute Gasteiger partial charge is 0.167 e. The molecule has 62 heavy (non-hydrogen) atoms. The van der Waals surface area contributed by atoms with Crippen LogP contribution in [0.1, 0.15) is 0 Å². The summed E-state index contributed by atoms with van der Waals surface area (Å²) >= 11 is 0. The quantitative estimate of drug-likeness (QED) is 0.161. The van der Waals surface area contributed by atoms with Crippen molar-refractivity contribution in [1.29, 1.82) is 0 Å². The van der Waals surface area contributed by atoms with Gasteiger partial charge in [0.15, 0.2) is 17.5 Å². The summed E-state index contributed by atoms with van der Waals surface area (Å²) < 4.78 is 13.9. The molecule has 0 spiro atoms. The zero-order valence-electron chi connectivity index (χ0n) is 33.4. The molecular weight excluding hydrogens is 759 g/mol. The molecule has 0 radical (unpaired) electrons. The van der Waals surface area contributed by atoms with E-state index in [2.05, 4.69) is 146 Å². The SMILES string of the molecule is c1ccc(-c2cc(-c3ccccc3)c3c(c2)oc2c(-c4nc(-c5ccccc5)nc(-c5cccc6c5oc5cc(-c7ccccc7)cc(-c7ccccc7)c56)n4)cccc23)cc1. The Morgan fingerprint density at radius 3 is 1.02 bits per heavy atom. The maximum atomic E-state index is 6.95. The van der Waals surface area contributed by atoms with Gasteiger partial charge >= 0.3 is 0 Å². The van der Waals surface area contributed by atoms with E-state index in [1.807, 2.05) is 66.7 Å². The third-order valence-electron chi connectivity index (χ3n) is 11.7. The van der Waals surface area contributed by atoms with Crippen molar-refractivity contribution in [3.05, 3.63) is 212 Å². The lowest BCUT2D eigenvalue weighted by molar-refractivity contribution is 0.669. The molecule has 12 aromatic rings. The van der Waals surface area contributed by atoms with Crippen LogP contribution < -0.4 is 0 Å². The average molecular weight is 794 g/mol. The summed E-state index contributed by atoms with van der Waals surface area (Å²) in [7, 11) is 0. The van der Waals surface area contributed by atoms with E-state index in [1.165, 1.54) is 0 Å². The molecule has 0 aliphatic rings. The standard InChI is InChI=1S/C57H35N3O2/c1-6-18-36(19-7-1)41-32-47(38-22-10-3-11-23-38)51-43-28-16-30-45(53(43)61-49(51)34-41)56-58-55(40-26-14-5-15-27-40)59-57(60-56)46-31-17-29-44-52-48(39-24-12-4-13-25-39)33-42(35-50(52)62-54(44)46)37-20-8-2-9-21-37/h1-35H. The molecule has 290 valence electrons. The molecule has 0 bridgehead atoms. The molecule has 5 nitrogen and oxygen atoms in total. The van der Waals surface area contributed by atoms with E-state index in [0.717, 1.165) is 93.9 Å². The van der Waals surface area contributed by atoms with Gasteiger partial charge in [-0.25, -0.2) is 15.0 Å². The van der Waals surface area contributed by atoms with Crippen molar-refractivity contribution in [3.63, 3.8) is 0 Å². The van der Waals surface area contributed by atoms with Gasteiger partial charge in [0.2, 0.25) is 0 Å². The van der Waals surface area contributed by atoms with Gasteiger partial charge in [0.05, 0.1) is 11.1 Å². The summed E-state index contributed by atoms with van der Waals surface area (Å²) in [6.07, 6.45) is 0. The van der Waals surface area contributed by atoms with Gasteiger partial charge in [-0.3, -0.25) is 0 Å². The van der Waals surface area contributed by atoms with Gasteiger partial charge in [-0.2, -0.15) is 0 Å². The summed E-state index contributed by atoms with van der Waals surface area (Å²) in [5.74, 6) is 1.57. The van der Waals surface area contributed by atoms with Crippen molar-refractivity contribution in [2.24, 2.45) is 0 Å². The molecule has 3 aromatic heterocycles. The molecular formula is C57H35N3O2. The largest absolute Gasteiger partial charge is 0.455 e. The molecule has 0 saturated heterocycles. The van der Waals surface area contributed by atoms with Gasteiger partial charge in [0, 0.05) is 27.1 Å². The first kappa shape index (κ1) is 35.5. The van der Waals surface area contributed by atoms with Crippen LogP contribution in [0.5, 0.6) is 0 Å². The lowest BCUT2D eigenvalue weighted by Crippen LogP contribution is -2.00. The highest BCUT2D eigenvalue weighted by Gasteiger charge is 2.23. The van der Waals surface area contributed by atoms with Crippen LogP contribution in [0, 0.1) is 0 Å². The number of benzene rings is 9. The fraction of sp³-hybridized carbons (Fsp3) is 0. The van der Waals surface area contributed by atoms with Crippen LogP contribution in [0.3, 0.4) is 0 Å². The molecule has 0 aliphatic carbocycles. The van der Waals surface area contributed by atoms with Gasteiger partial charge in [-0.05, 0) is 80.9 Å². The Bertz CT molecular complexity index is 3380. The number of hydrogen-bond acceptors (Lipinski definition) is 5. The first-order valence-electron chi connectivity index (χ1n) is 20.8. The van der Waals surface area contributed by atoms with E-state index in [9.17, 15) is 0 Å². The summed E-state index contributed by atoms with van der Waals surface area (Å²) in [5, 5.41) is 4.06. The Balaban J connectivity index is 1.10. The van der Waals surface area contributed by atoms with Crippen LogP contribution in [0.2, 0.25) is 0 Å². The number of rotatable bonds is 7. The summed E-state index contributed by atoms with van der Waals surface area (Å²) in [5.41, 5.74) is 14.3.